The molecular formula is C18H21N3O2S. The first kappa shape index (κ1) is 16.7. The summed E-state index contributed by atoms with van der Waals surface area (Å²) in [4.78, 5) is 28.8. The van der Waals surface area contributed by atoms with E-state index >= 15 is 0 Å². The number of nitrogens with zero attached hydrogens (tertiary/aromatic N) is 1. The van der Waals surface area contributed by atoms with Gasteiger partial charge in [-0.3, -0.25) is 15.0 Å². The molecule has 126 valence electrons. The molecule has 6 heteroatoms. The first-order chi connectivity index (χ1) is 11.6. The van der Waals surface area contributed by atoms with Crippen LogP contribution in [0, 0.1) is 6.92 Å². The summed E-state index contributed by atoms with van der Waals surface area (Å²) in [7, 11) is 0. The van der Waals surface area contributed by atoms with Gasteiger partial charge in [-0.05, 0) is 50.6 Å². The highest BCUT2D eigenvalue weighted by Gasteiger charge is 2.28. The average Bonchev–Trinajstić information content (AvgIpc) is 3.16. The average molecular weight is 343 g/mol. The van der Waals surface area contributed by atoms with E-state index in [2.05, 4.69) is 34.6 Å². The van der Waals surface area contributed by atoms with E-state index < -0.39 is 6.03 Å². The molecule has 1 saturated heterocycles. The summed E-state index contributed by atoms with van der Waals surface area (Å²) in [6.45, 7) is 3.22. The summed E-state index contributed by atoms with van der Waals surface area (Å²) in [5, 5.41) is 5.06. The number of carbonyl (C=O) groups excluding carboxylic acids is 2. The van der Waals surface area contributed by atoms with Crippen LogP contribution in [-0.2, 0) is 4.79 Å². The molecule has 1 aliphatic heterocycles. The minimum atomic E-state index is -0.492. The molecule has 3 rings (SSSR count). The van der Waals surface area contributed by atoms with E-state index in [1.54, 1.807) is 23.5 Å². The van der Waals surface area contributed by atoms with Crippen LogP contribution in [0.2, 0.25) is 0 Å². The fraction of sp³-hybridized carbons (Fsp3) is 0.333. The predicted molar refractivity (Wildman–Crippen MR) is 96.2 cm³/mol. The van der Waals surface area contributed by atoms with E-state index in [4.69, 9.17) is 0 Å². The summed E-state index contributed by atoms with van der Waals surface area (Å²) in [5.41, 5.74) is 0.663. The first-order valence-electron chi connectivity index (χ1n) is 8.08. The molecule has 0 spiro atoms. The Bertz CT molecular complexity index is 714. The number of urea groups is 1. The van der Waals surface area contributed by atoms with Gasteiger partial charge in [0.05, 0.1) is 6.54 Å². The van der Waals surface area contributed by atoms with Crippen molar-refractivity contribution < 1.29 is 9.59 Å². The molecule has 1 fully saturated rings. The molecule has 1 aliphatic rings. The number of thiophene rings is 1. The van der Waals surface area contributed by atoms with Crippen LogP contribution in [-0.4, -0.2) is 29.9 Å². The Labute approximate surface area is 145 Å². The van der Waals surface area contributed by atoms with Crippen molar-refractivity contribution >= 4 is 29.0 Å². The molecule has 0 saturated carbocycles. The summed E-state index contributed by atoms with van der Waals surface area (Å²) < 4.78 is 0. The summed E-state index contributed by atoms with van der Waals surface area (Å²) in [6, 6.07) is 13.1. The van der Waals surface area contributed by atoms with E-state index in [9.17, 15) is 9.59 Å². The molecule has 5 nitrogen and oxygen atoms in total. The second kappa shape index (κ2) is 7.59. The monoisotopic (exact) mass is 343 g/mol. The van der Waals surface area contributed by atoms with Crippen LogP contribution in [0.1, 0.15) is 28.6 Å². The Balaban J connectivity index is 1.53. The van der Waals surface area contributed by atoms with Crippen molar-refractivity contribution in [1.29, 1.82) is 0 Å². The van der Waals surface area contributed by atoms with Gasteiger partial charge in [0.25, 0.3) is 0 Å². The lowest BCUT2D eigenvalue weighted by molar-refractivity contribution is -0.121. The second-order valence-corrected chi connectivity index (χ2v) is 7.26. The summed E-state index contributed by atoms with van der Waals surface area (Å²) in [6.07, 6.45) is 2.13. The normalized spacial score (nSPS) is 17.6. The maximum Gasteiger partial charge on any atom is 0.325 e. The molecule has 0 aliphatic carbocycles. The van der Waals surface area contributed by atoms with Gasteiger partial charge in [-0.15, -0.1) is 11.3 Å². The van der Waals surface area contributed by atoms with Crippen LogP contribution in [0.5, 0.6) is 0 Å². The standard InChI is InChI=1S/C18H21N3O2S/c1-13-9-10-16(24-13)15-8-5-11-21(15)12-17(22)20-18(23)19-14-6-3-2-4-7-14/h2-4,6-7,9-10,15H,5,8,11-12H2,1H3,(H2,19,20,22,23). The van der Waals surface area contributed by atoms with Crippen molar-refractivity contribution in [3.05, 3.63) is 52.2 Å². The van der Waals surface area contributed by atoms with Gasteiger partial charge in [-0.1, -0.05) is 18.2 Å². The van der Waals surface area contributed by atoms with Gasteiger partial charge in [0.1, 0.15) is 0 Å². The van der Waals surface area contributed by atoms with E-state index in [-0.39, 0.29) is 18.5 Å². The Hall–Kier alpha value is -2.18. The van der Waals surface area contributed by atoms with Gasteiger partial charge in [0, 0.05) is 21.5 Å². The number of benzene rings is 1. The highest BCUT2D eigenvalue weighted by atomic mass is 32.1. The number of nitrogens with one attached hydrogen (secondary N) is 2. The fourth-order valence-electron chi connectivity index (χ4n) is 3.00. The van der Waals surface area contributed by atoms with Gasteiger partial charge in [-0.25, -0.2) is 4.79 Å². The topological polar surface area (TPSA) is 61.4 Å². The number of para-hydroxylation sites is 1. The van der Waals surface area contributed by atoms with Crippen molar-refractivity contribution in [2.24, 2.45) is 0 Å². The molecule has 0 radical (unpaired) electrons. The number of imide groups is 1. The van der Waals surface area contributed by atoms with Gasteiger partial charge < -0.3 is 5.32 Å². The summed E-state index contributed by atoms with van der Waals surface area (Å²) >= 11 is 1.78. The highest BCUT2D eigenvalue weighted by molar-refractivity contribution is 7.12. The van der Waals surface area contributed by atoms with Crippen LogP contribution < -0.4 is 10.6 Å². The molecule has 1 aromatic carbocycles. The highest BCUT2D eigenvalue weighted by Crippen LogP contribution is 2.35. The number of aryl methyl sites for hydroxylation is 1. The Kier molecular flexibility index (Phi) is 5.27. The third-order valence-electron chi connectivity index (χ3n) is 4.08. The van der Waals surface area contributed by atoms with E-state index in [0.717, 1.165) is 19.4 Å². The molecule has 3 amide bonds. The number of amides is 3. The molecule has 2 N–H and O–H groups in total. The van der Waals surface area contributed by atoms with Gasteiger partial charge >= 0.3 is 6.03 Å². The summed E-state index contributed by atoms with van der Waals surface area (Å²) in [5.74, 6) is -0.274. The lowest BCUT2D eigenvalue weighted by atomic mass is 10.2. The van der Waals surface area contributed by atoms with Crippen molar-refractivity contribution in [3.8, 4) is 0 Å². The van der Waals surface area contributed by atoms with Crippen molar-refractivity contribution in [2.45, 2.75) is 25.8 Å². The smallest absolute Gasteiger partial charge is 0.308 e. The van der Waals surface area contributed by atoms with Crippen LogP contribution in [0.25, 0.3) is 0 Å². The van der Waals surface area contributed by atoms with Crippen LogP contribution in [0.4, 0.5) is 10.5 Å². The minimum Gasteiger partial charge on any atom is -0.308 e. The zero-order valence-corrected chi connectivity index (χ0v) is 14.4. The number of hydrogen-bond acceptors (Lipinski definition) is 4. The van der Waals surface area contributed by atoms with Gasteiger partial charge in [0.15, 0.2) is 0 Å². The lowest BCUT2D eigenvalue weighted by Crippen LogP contribution is -2.41. The van der Waals surface area contributed by atoms with Gasteiger partial charge in [0.2, 0.25) is 5.91 Å². The number of hydrogen-bond donors (Lipinski definition) is 2. The Morgan fingerprint density at radius 3 is 2.71 bits per heavy atom. The number of rotatable bonds is 4. The zero-order chi connectivity index (χ0) is 16.9. The van der Waals surface area contributed by atoms with Crippen molar-refractivity contribution in [2.75, 3.05) is 18.4 Å². The fourth-order valence-corrected chi connectivity index (χ4v) is 4.05. The van der Waals surface area contributed by atoms with Crippen molar-refractivity contribution in [1.82, 2.24) is 10.2 Å². The predicted octanol–water partition coefficient (Wildman–Crippen LogP) is 3.54. The molecule has 2 aromatic rings. The SMILES string of the molecule is Cc1ccc(C2CCCN2CC(=O)NC(=O)Nc2ccccc2)s1. The molecule has 1 atom stereocenters. The molecular weight excluding hydrogens is 322 g/mol. The Morgan fingerprint density at radius 2 is 2.00 bits per heavy atom. The van der Waals surface area contributed by atoms with Crippen LogP contribution in [0.3, 0.4) is 0 Å². The van der Waals surface area contributed by atoms with E-state index in [0.29, 0.717) is 5.69 Å². The molecule has 2 heterocycles. The molecule has 0 bridgehead atoms. The van der Waals surface area contributed by atoms with Crippen LogP contribution in [0.15, 0.2) is 42.5 Å². The maximum atomic E-state index is 12.2. The van der Waals surface area contributed by atoms with Crippen molar-refractivity contribution in [3.63, 3.8) is 0 Å². The van der Waals surface area contributed by atoms with Gasteiger partial charge in [-0.2, -0.15) is 0 Å². The molecule has 1 unspecified atom stereocenters. The molecule has 1 aromatic heterocycles. The third-order valence-corrected chi connectivity index (χ3v) is 5.19. The molecule has 24 heavy (non-hydrogen) atoms. The first-order valence-corrected chi connectivity index (χ1v) is 8.90. The third kappa shape index (κ3) is 4.21. The largest absolute Gasteiger partial charge is 0.325 e. The lowest BCUT2D eigenvalue weighted by Gasteiger charge is -2.22. The Morgan fingerprint density at radius 1 is 1.21 bits per heavy atom. The van der Waals surface area contributed by atoms with E-state index in [1.807, 2.05) is 18.2 Å². The second-order valence-electron chi connectivity index (χ2n) is 5.95. The number of carbonyl (C=O) groups is 2. The quantitative estimate of drug-likeness (QED) is 0.892. The van der Waals surface area contributed by atoms with Crippen LogP contribution >= 0.6 is 11.3 Å². The maximum absolute atomic E-state index is 12.2. The number of likely N-dealkylation sites (tertiary alicyclic amines) is 1. The van der Waals surface area contributed by atoms with E-state index in [1.165, 1.54) is 9.75 Å². The zero-order valence-electron chi connectivity index (χ0n) is 13.6. The number of anilines is 1. The minimum absolute atomic E-state index is 0.240.